The molecule has 2 aromatic rings. The fourth-order valence-electron chi connectivity index (χ4n) is 2.70. The first kappa shape index (κ1) is 12.2. The molecule has 90 valence electrons. The summed E-state index contributed by atoms with van der Waals surface area (Å²) in [5.41, 5.74) is 12.1. The van der Waals surface area contributed by atoms with Gasteiger partial charge in [-0.05, 0) is 49.8 Å². The fraction of sp³-hybridized carbons (Fsp3) is 0.357. The van der Waals surface area contributed by atoms with E-state index < -0.39 is 0 Å². The topological polar surface area (TPSA) is 38.9 Å². The Morgan fingerprint density at radius 2 is 1.94 bits per heavy atom. The van der Waals surface area contributed by atoms with E-state index >= 15 is 0 Å². The number of benzene rings is 1. The molecule has 0 fully saturated rings. The van der Waals surface area contributed by atoms with Gasteiger partial charge in [0.1, 0.15) is 0 Å². The molecule has 2 nitrogen and oxygen atoms in total. The molecule has 2 N–H and O–H groups in total. The van der Waals surface area contributed by atoms with Crippen molar-refractivity contribution in [3.8, 4) is 0 Å². The average molecular weight is 249 g/mol. The maximum Gasteiger partial charge on any atom is 0.0728 e. The molecule has 0 unspecified atom stereocenters. The van der Waals surface area contributed by atoms with E-state index in [1.807, 2.05) is 0 Å². The van der Waals surface area contributed by atoms with Gasteiger partial charge in [0.15, 0.2) is 0 Å². The second-order valence-corrected chi connectivity index (χ2v) is 4.63. The third-order valence-electron chi connectivity index (χ3n) is 3.54. The van der Waals surface area contributed by atoms with E-state index in [1.54, 1.807) is 0 Å². The number of nitrogens with zero attached hydrogens (tertiary/aromatic N) is 1. The zero-order valence-electron chi connectivity index (χ0n) is 9.99. The predicted molar refractivity (Wildman–Crippen MR) is 74.8 cm³/mol. The Balaban J connectivity index is 0.00000108. The summed E-state index contributed by atoms with van der Waals surface area (Å²) in [6.45, 7) is 2.11. The minimum atomic E-state index is 0. The highest BCUT2D eigenvalue weighted by Gasteiger charge is 2.16. The second kappa shape index (κ2) is 4.53. The summed E-state index contributed by atoms with van der Waals surface area (Å²) in [6.07, 6.45) is 4.68. The molecule has 0 radical (unpaired) electrons. The third kappa shape index (κ3) is 1.87. The summed E-state index contributed by atoms with van der Waals surface area (Å²) in [6, 6.07) is 6.22. The number of nitrogens with two attached hydrogens (primary N) is 1. The van der Waals surface area contributed by atoms with Crippen molar-refractivity contribution in [2.75, 3.05) is 5.73 Å². The smallest absolute Gasteiger partial charge is 0.0728 e. The van der Waals surface area contributed by atoms with Crippen molar-refractivity contribution in [3.63, 3.8) is 0 Å². The summed E-state index contributed by atoms with van der Waals surface area (Å²) < 4.78 is 0. The first-order valence-electron chi connectivity index (χ1n) is 5.94. The minimum absolute atomic E-state index is 0. The summed E-state index contributed by atoms with van der Waals surface area (Å²) in [7, 11) is 0. The predicted octanol–water partition coefficient (Wildman–Crippen LogP) is 3.43. The van der Waals surface area contributed by atoms with Gasteiger partial charge >= 0.3 is 0 Å². The van der Waals surface area contributed by atoms with Gasteiger partial charge in [-0.15, -0.1) is 12.4 Å². The van der Waals surface area contributed by atoms with Gasteiger partial charge in [-0.1, -0.05) is 12.1 Å². The number of rotatable bonds is 0. The maximum absolute atomic E-state index is 6.30. The molecule has 0 bridgehead atoms. The lowest BCUT2D eigenvalue weighted by molar-refractivity contribution is 0.673. The van der Waals surface area contributed by atoms with E-state index in [0.29, 0.717) is 0 Å². The van der Waals surface area contributed by atoms with Crippen molar-refractivity contribution in [3.05, 3.63) is 35.0 Å². The third-order valence-corrected chi connectivity index (χ3v) is 3.54. The Hall–Kier alpha value is -1.28. The van der Waals surface area contributed by atoms with Crippen LogP contribution in [0.25, 0.3) is 10.9 Å². The zero-order chi connectivity index (χ0) is 11.1. The van der Waals surface area contributed by atoms with Gasteiger partial charge in [0.2, 0.25) is 0 Å². The van der Waals surface area contributed by atoms with Crippen LogP contribution in [0.3, 0.4) is 0 Å². The number of anilines is 1. The maximum atomic E-state index is 6.30. The number of aryl methyl sites for hydroxylation is 2. The molecule has 0 spiro atoms. The average Bonchev–Trinajstić information content (AvgIpc) is 2.29. The molecule has 0 aliphatic heterocycles. The van der Waals surface area contributed by atoms with E-state index in [4.69, 9.17) is 10.7 Å². The van der Waals surface area contributed by atoms with E-state index in [0.717, 1.165) is 29.4 Å². The van der Waals surface area contributed by atoms with Crippen LogP contribution in [0.4, 0.5) is 5.69 Å². The number of hydrogen-bond acceptors (Lipinski definition) is 2. The van der Waals surface area contributed by atoms with Gasteiger partial charge in [0.25, 0.3) is 0 Å². The first-order chi connectivity index (χ1) is 7.77. The van der Waals surface area contributed by atoms with Crippen LogP contribution in [0.15, 0.2) is 18.2 Å². The van der Waals surface area contributed by atoms with Crippen LogP contribution in [0.5, 0.6) is 0 Å². The lowest BCUT2D eigenvalue weighted by atomic mass is 9.92. The molecule has 1 heterocycles. The van der Waals surface area contributed by atoms with Gasteiger partial charge in [0.05, 0.1) is 5.52 Å². The lowest BCUT2D eigenvalue weighted by Crippen LogP contribution is -2.09. The first-order valence-corrected chi connectivity index (χ1v) is 5.94. The Labute approximate surface area is 108 Å². The summed E-state index contributed by atoms with van der Waals surface area (Å²) >= 11 is 0. The lowest BCUT2D eigenvalue weighted by Gasteiger charge is -2.19. The number of halogens is 1. The molecule has 17 heavy (non-hydrogen) atoms. The van der Waals surface area contributed by atoms with Crippen LogP contribution in [-0.2, 0) is 12.8 Å². The molecule has 0 saturated heterocycles. The molecule has 0 saturated carbocycles. The van der Waals surface area contributed by atoms with Crippen LogP contribution in [-0.4, -0.2) is 4.98 Å². The molecule has 0 atom stereocenters. The Bertz CT molecular complexity index is 564. The number of hydrogen-bond donors (Lipinski definition) is 1. The van der Waals surface area contributed by atoms with Gasteiger partial charge in [-0.3, -0.25) is 4.98 Å². The SMILES string of the molecule is Cc1cccc2nc3c(c(N)c12)CCCC3.Cl. The van der Waals surface area contributed by atoms with Crippen molar-refractivity contribution in [2.45, 2.75) is 32.6 Å². The molecular formula is C14H17ClN2. The van der Waals surface area contributed by atoms with Crippen molar-refractivity contribution < 1.29 is 0 Å². The van der Waals surface area contributed by atoms with Crippen LogP contribution in [0.1, 0.15) is 29.7 Å². The van der Waals surface area contributed by atoms with Crippen LogP contribution in [0, 0.1) is 6.92 Å². The number of aromatic nitrogens is 1. The molecule has 1 aliphatic rings. The van der Waals surface area contributed by atoms with Crippen LogP contribution < -0.4 is 5.73 Å². The molecule has 0 amide bonds. The molecule has 3 heteroatoms. The minimum Gasteiger partial charge on any atom is -0.398 e. The van der Waals surface area contributed by atoms with E-state index in [9.17, 15) is 0 Å². The highest BCUT2D eigenvalue weighted by molar-refractivity contribution is 5.94. The number of pyridine rings is 1. The van der Waals surface area contributed by atoms with Gasteiger partial charge in [-0.25, -0.2) is 0 Å². The quantitative estimate of drug-likeness (QED) is 0.776. The molecular weight excluding hydrogens is 232 g/mol. The number of fused-ring (bicyclic) bond motifs is 2. The summed E-state index contributed by atoms with van der Waals surface area (Å²) in [5, 5.41) is 1.16. The Kier molecular flexibility index (Phi) is 3.25. The van der Waals surface area contributed by atoms with Crippen LogP contribution >= 0.6 is 12.4 Å². The molecule has 1 aromatic heterocycles. The fourth-order valence-corrected chi connectivity index (χ4v) is 2.70. The Morgan fingerprint density at radius 1 is 1.18 bits per heavy atom. The van der Waals surface area contributed by atoms with Gasteiger partial charge in [0, 0.05) is 16.8 Å². The van der Waals surface area contributed by atoms with Crippen LogP contribution in [0.2, 0.25) is 0 Å². The number of nitrogen functional groups attached to an aromatic ring is 1. The summed E-state index contributed by atoms with van der Waals surface area (Å²) in [4.78, 5) is 4.76. The highest BCUT2D eigenvalue weighted by Crippen LogP contribution is 2.32. The largest absolute Gasteiger partial charge is 0.398 e. The van der Waals surface area contributed by atoms with E-state index in [1.165, 1.54) is 29.7 Å². The molecule has 1 aliphatic carbocycles. The second-order valence-electron chi connectivity index (χ2n) is 4.63. The highest BCUT2D eigenvalue weighted by atomic mass is 35.5. The van der Waals surface area contributed by atoms with E-state index in [-0.39, 0.29) is 12.4 Å². The van der Waals surface area contributed by atoms with E-state index in [2.05, 4.69) is 25.1 Å². The van der Waals surface area contributed by atoms with Crippen molar-refractivity contribution in [2.24, 2.45) is 0 Å². The standard InChI is InChI=1S/C14H16N2.ClH/c1-9-5-4-8-12-13(9)14(15)10-6-2-3-7-11(10)16-12;/h4-5,8H,2-3,6-7H2,1H3,(H2,15,16);1H. The monoisotopic (exact) mass is 248 g/mol. The van der Waals surface area contributed by atoms with Crippen molar-refractivity contribution in [1.82, 2.24) is 4.98 Å². The zero-order valence-corrected chi connectivity index (χ0v) is 10.8. The van der Waals surface area contributed by atoms with Gasteiger partial charge < -0.3 is 5.73 Å². The van der Waals surface area contributed by atoms with Gasteiger partial charge in [-0.2, -0.15) is 0 Å². The molecule has 1 aromatic carbocycles. The Morgan fingerprint density at radius 3 is 2.76 bits per heavy atom. The molecule has 3 rings (SSSR count). The van der Waals surface area contributed by atoms with Crippen molar-refractivity contribution >= 4 is 29.0 Å². The van der Waals surface area contributed by atoms with Crippen molar-refractivity contribution in [1.29, 1.82) is 0 Å². The normalized spacial score (nSPS) is 14.2. The summed E-state index contributed by atoms with van der Waals surface area (Å²) in [5.74, 6) is 0.